The second-order valence-corrected chi connectivity index (χ2v) is 5.04. The maximum Gasteiger partial charge on any atom is 0.164 e. The van der Waals surface area contributed by atoms with Gasteiger partial charge in [0.2, 0.25) is 0 Å². The maximum absolute atomic E-state index is 14.2. The van der Waals surface area contributed by atoms with Crippen LogP contribution in [0.25, 0.3) is 0 Å². The highest BCUT2D eigenvalue weighted by Gasteiger charge is 2.22. The second kappa shape index (κ2) is 5.67. The summed E-state index contributed by atoms with van der Waals surface area (Å²) in [6, 6.07) is 4.71. The molecule has 0 amide bonds. The maximum atomic E-state index is 14.2. The van der Waals surface area contributed by atoms with Crippen LogP contribution in [0.1, 0.15) is 34.0 Å². The molecule has 0 aliphatic rings. The third-order valence-corrected chi connectivity index (χ3v) is 3.43. The number of nitrogens with one attached hydrogen (secondary N) is 1. The summed E-state index contributed by atoms with van der Waals surface area (Å²) in [4.78, 5) is 4.37. The highest BCUT2D eigenvalue weighted by atomic mass is 19.2. The third kappa shape index (κ3) is 2.56. The Bertz CT molecular complexity index is 639. The zero-order chi connectivity index (χ0) is 14.9. The molecule has 0 aliphatic carbocycles. The monoisotopic (exact) mass is 276 g/mol. The molecule has 2 rings (SSSR count). The molecule has 1 aromatic heterocycles. The normalized spacial score (nSPS) is 12.5. The summed E-state index contributed by atoms with van der Waals surface area (Å²) in [5.41, 5.74) is 3.27. The van der Waals surface area contributed by atoms with Crippen molar-refractivity contribution < 1.29 is 8.78 Å². The Kier molecular flexibility index (Phi) is 4.14. The van der Waals surface area contributed by atoms with Crippen LogP contribution < -0.4 is 5.32 Å². The topological polar surface area (TPSA) is 24.9 Å². The lowest BCUT2D eigenvalue weighted by Crippen LogP contribution is -2.22. The average molecular weight is 276 g/mol. The van der Waals surface area contributed by atoms with Gasteiger partial charge in [-0.15, -0.1) is 0 Å². The number of rotatable bonds is 3. The van der Waals surface area contributed by atoms with E-state index < -0.39 is 17.7 Å². The first kappa shape index (κ1) is 14.6. The first-order valence-electron chi connectivity index (χ1n) is 6.50. The summed E-state index contributed by atoms with van der Waals surface area (Å²) in [7, 11) is 1.71. The molecule has 0 saturated carbocycles. The largest absolute Gasteiger partial charge is 0.308 e. The van der Waals surface area contributed by atoms with Gasteiger partial charge in [-0.3, -0.25) is 4.98 Å². The highest BCUT2D eigenvalue weighted by Crippen LogP contribution is 2.27. The molecule has 20 heavy (non-hydrogen) atoms. The Labute approximate surface area is 117 Å². The molecule has 4 heteroatoms. The van der Waals surface area contributed by atoms with Crippen LogP contribution in [-0.4, -0.2) is 12.0 Å². The minimum atomic E-state index is -0.814. The van der Waals surface area contributed by atoms with Crippen molar-refractivity contribution in [3.05, 3.63) is 64.0 Å². The second-order valence-electron chi connectivity index (χ2n) is 5.04. The van der Waals surface area contributed by atoms with Gasteiger partial charge in [-0.2, -0.15) is 0 Å². The molecule has 0 aliphatic heterocycles. The molecule has 1 heterocycles. The Balaban J connectivity index is 2.55. The van der Waals surface area contributed by atoms with E-state index in [1.165, 1.54) is 0 Å². The van der Waals surface area contributed by atoms with Gasteiger partial charge < -0.3 is 5.32 Å². The number of nitrogens with zero attached hydrogens (tertiary/aromatic N) is 1. The van der Waals surface area contributed by atoms with Crippen molar-refractivity contribution in [3.8, 4) is 0 Å². The lowest BCUT2D eigenvalue weighted by Gasteiger charge is -2.19. The Morgan fingerprint density at radius 1 is 1.05 bits per heavy atom. The van der Waals surface area contributed by atoms with Gasteiger partial charge in [0, 0.05) is 11.8 Å². The van der Waals surface area contributed by atoms with Crippen molar-refractivity contribution in [1.82, 2.24) is 10.3 Å². The van der Waals surface area contributed by atoms with E-state index in [0.717, 1.165) is 11.1 Å². The molecule has 1 aromatic carbocycles. The highest BCUT2D eigenvalue weighted by molar-refractivity contribution is 5.36. The SMILES string of the molecule is CNC(c1ccc(C)c(F)c1F)c1ncc(C)cc1C. The summed E-state index contributed by atoms with van der Waals surface area (Å²) < 4.78 is 27.9. The first-order chi connectivity index (χ1) is 9.45. The summed E-state index contributed by atoms with van der Waals surface area (Å²) in [6.07, 6.45) is 1.73. The smallest absolute Gasteiger partial charge is 0.164 e. The van der Waals surface area contributed by atoms with Crippen molar-refractivity contribution in [2.75, 3.05) is 7.05 Å². The molecule has 2 nitrogen and oxygen atoms in total. The fraction of sp³-hybridized carbons (Fsp3) is 0.312. The summed E-state index contributed by atoms with van der Waals surface area (Å²) >= 11 is 0. The minimum Gasteiger partial charge on any atom is -0.308 e. The van der Waals surface area contributed by atoms with Gasteiger partial charge in [-0.05, 0) is 44.5 Å². The molecular weight excluding hydrogens is 258 g/mol. The first-order valence-corrected chi connectivity index (χ1v) is 6.50. The third-order valence-electron chi connectivity index (χ3n) is 3.43. The van der Waals surface area contributed by atoms with Gasteiger partial charge in [0.15, 0.2) is 11.6 Å². The molecule has 1 atom stereocenters. The Hall–Kier alpha value is -1.81. The van der Waals surface area contributed by atoms with Gasteiger partial charge in [-0.1, -0.05) is 18.2 Å². The van der Waals surface area contributed by atoms with E-state index in [4.69, 9.17) is 0 Å². The van der Waals surface area contributed by atoms with Crippen molar-refractivity contribution in [3.63, 3.8) is 0 Å². The number of hydrogen-bond acceptors (Lipinski definition) is 2. The van der Waals surface area contributed by atoms with Crippen LogP contribution in [-0.2, 0) is 0 Å². The van der Waals surface area contributed by atoms with E-state index in [1.54, 1.807) is 32.3 Å². The van der Waals surface area contributed by atoms with E-state index >= 15 is 0 Å². The number of benzene rings is 1. The lowest BCUT2D eigenvalue weighted by atomic mass is 9.97. The quantitative estimate of drug-likeness (QED) is 0.926. The van der Waals surface area contributed by atoms with Crippen LogP contribution in [0.4, 0.5) is 8.78 Å². The Morgan fingerprint density at radius 2 is 1.75 bits per heavy atom. The lowest BCUT2D eigenvalue weighted by molar-refractivity contribution is 0.480. The van der Waals surface area contributed by atoms with E-state index in [9.17, 15) is 8.78 Å². The van der Waals surface area contributed by atoms with E-state index in [2.05, 4.69) is 10.3 Å². The van der Waals surface area contributed by atoms with Crippen molar-refractivity contribution in [2.45, 2.75) is 26.8 Å². The standard InChI is InChI=1S/C16H18F2N2/c1-9-7-11(3)15(20-8-9)16(19-4)12-6-5-10(2)13(17)14(12)18/h5-8,16,19H,1-4H3. The summed E-state index contributed by atoms with van der Waals surface area (Å²) in [5, 5.41) is 3.01. The zero-order valence-corrected chi connectivity index (χ0v) is 12.1. The summed E-state index contributed by atoms with van der Waals surface area (Å²) in [5.74, 6) is -1.61. The number of aromatic nitrogens is 1. The molecule has 106 valence electrons. The molecule has 0 radical (unpaired) electrons. The van der Waals surface area contributed by atoms with Crippen LogP contribution >= 0.6 is 0 Å². The number of hydrogen-bond donors (Lipinski definition) is 1. The molecule has 1 unspecified atom stereocenters. The van der Waals surface area contributed by atoms with Gasteiger partial charge in [0.1, 0.15) is 0 Å². The van der Waals surface area contributed by atoms with E-state index in [-0.39, 0.29) is 5.56 Å². The van der Waals surface area contributed by atoms with E-state index in [1.807, 2.05) is 19.9 Å². The van der Waals surface area contributed by atoms with Gasteiger partial charge in [0.05, 0.1) is 11.7 Å². The van der Waals surface area contributed by atoms with Gasteiger partial charge in [-0.25, -0.2) is 8.78 Å². The average Bonchev–Trinajstić information content (AvgIpc) is 2.41. The number of aryl methyl sites for hydroxylation is 3. The van der Waals surface area contributed by atoms with Gasteiger partial charge >= 0.3 is 0 Å². The molecule has 0 fully saturated rings. The fourth-order valence-electron chi connectivity index (χ4n) is 2.35. The van der Waals surface area contributed by atoms with Crippen LogP contribution in [0.2, 0.25) is 0 Å². The fourth-order valence-corrected chi connectivity index (χ4v) is 2.35. The van der Waals surface area contributed by atoms with Crippen molar-refractivity contribution >= 4 is 0 Å². The van der Waals surface area contributed by atoms with Crippen molar-refractivity contribution in [1.29, 1.82) is 0 Å². The number of pyridine rings is 1. The molecule has 0 spiro atoms. The molecular formula is C16H18F2N2. The molecule has 0 bridgehead atoms. The predicted octanol–water partition coefficient (Wildman–Crippen LogP) is 3.59. The molecule has 0 saturated heterocycles. The van der Waals surface area contributed by atoms with Crippen LogP contribution in [0.5, 0.6) is 0 Å². The predicted molar refractivity (Wildman–Crippen MR) is 75.7 cm³/mol. The van der Waals surface area contributed by atoms with Crippen LogP contribution in [0.3, 0.4) is 0 Å². The summed E-state index contributed by atoms with van der Waals surface area (Å²) in [6.45, 7) is 5.42. The van der Waals surface area contributed by atoms with Crippen molar-refractivity contribution in [2.24, 2.45) is 0 Å². The molecule has 2 aromatic rings. The zero-order valence-electron chi connectivity index (χ0n) is 12.1. The Morgan fingerprint density at radius 3 is 2.35 bits per heavy atom. The number of halogens is 2. The van der Waals surface area contributed by atoms with E-state index in [0.29, 0.717) is 11.3 Å². The minimum absolute atomic E-state index is 0.273. The molecule has 1 N–H and O–H groups in total. The van der Waals surface area contributed by atoms with Crippen LogP contribution in [0, 0.1) is 32.4 Å². The van der Waals surface area contributed by atoms with Gasteiger partial charge in [0.25, 0.3) is 0 Å². The van der Waals surface area contributed by atoms with Crippen LogP contribution in [0.15, 0.2) is 24.4 Å².